The van der Waals surface area contributed by atoms with E-state index in [0.29, 0.717) is 27.0 Å². The molecule has 8 nitrogen and oxygen atoms in total. The molecule has 218 valence electrons. The van der Waals surface area contributed by atoms with Gasteiger partial charge in [0, 0.05) is 35.8 Å². The number of halogens is 2. The number of hydrogen-bond donors (Lipinski definition) is 2. The first-order chi connectivity index (χ1) is 20.1. The number of carbonyl (C=O) groups excluding carboxylic acids is 1. The molecule has 2 aromatic heterocycles. The number of thiophene rings is 1. The Morgan fingerprint density at radius 1 is 1.02 bits per heavy atom. The van der Waals surface area contributed by atoms with Crippen molar-refractivity contribution in [1.29, 1.82) is 0 Å². The van der Waals surface area contributed by atoms with Gasteiger partial charge in [0.2, 0.25) is 10.0 Å². The van der Waals surface area contributed by atoms with Gasteiger partial charge in [-0.3, -0.25) is 10.2 Å². The van der Waals surface area contributed by atoms with Gasteiger partial charge in [-0.15, -0.1) is 11.3 Å². The van der Waals surface area contributed by atoms with Crippen LogP contribution in [0.4, 0.5) is 0 Å². The van der Waals surface area contributed by atoms with E-state index in [-0.39, 0.29) is 12.2 Å². The molecule has 4 aromatic rings. The van der Waals surface area contributed by atoms with Crippen LogP contribution in [0.5, 0.6) is 0 Å². The molecule has 0 bridgehead atoms. The number of aryl methyl sites for hydroxylation is 1. The van der Waals surface area contributed by atoms with Crippen molar-refractivity contribution in [3.05, 3.63) is 91.9 Å². The number of aromatic nitrogens is 2. The van der Waals surface area contributed by atoms with Gasteiger partial charge in [-0.1, -0.05) is 59.2 Å². The maximum Gasteiger partial charge on any atom is 0.286 e. The second kappa shape index (κ2) is 13.0. The van der Waals surface area contributed by atoms with Crippen molar-refractivity contribution in [3.63, 3.8) is 0 Å². The van der Waals surface area contributed by atoms with E-state index in [2.05, 4.69) is 22.0 Å². The van der Waals surface area contributed by atoms with E-state index < -0.39 is 15.9 Å². The molecule has 0 unspecified atom stereocenters. The third-order valence-corrected chi connectivity index (χ3v) is 8.90. The summed E-state index contributed by atoms with van der Waals surface area (Å²) >= 11 is 14.2. The summed E-state index contributed by atoms with van der Waals surface area (Å²) in [5.41, 5.74) is 6.55. The van der Waals surface area contributed by atoms with Gasteiger partial charge in [-0.2, -0.15) is 5.10 Å². The Morgan fingerprint density at radius 2 is 1.76 bits per heavy atom. The average molecular weight is 643 g/mol. The van der Waals surface area contributed by atoms with E-state index in [1.165, 1.54) is 11.3 Å². The van der Waals surface area contributed by atoms with Crippen molar-refractivity contribution in [2.75, 3.05) is 19.3 Å². The molecule has 2 aromatic carbocycles. The van der Waals surface area contributed by atoms with E-state index in [1.54, 1.807) is 22.9 Å². The van der Waals surface area contributed by atoms with E-state index in [1.807, 2.05) is 48.3 Å². The molecule has 1 aliphatic heterocycles. The number of sulfonamides is 1. The minimum Gasteiger partial charge on any atom is -0.283 e. The van der Waals surface area contributed by atoms with Crippen molar-refractivity contribution in [2.24, 2.45) is 0 Å². The van der Waals surface area contributed by atoms with Gasteiger partial charge in [0.25, 0.3) is 5.91 Å². The maximum atomic E-state index is 13.6. The fraction of sp³-hybridized carbons (Fsp3) is 0.267. The molecule has 2 N–H and O–H groups in total. The van der Waals surface area contributed by atoms with Crippen LogP contribution in [0.3, 0.4) is 0 Å². The van der Waals surface area contributed by atoms with Gasteiger partial charge < -0.3 is 0 Å². The fourth-order valence-electron chi connectivity index (χ4n) is 4.59. The van der Waals surface area contributed by atoms with E-state index in [0.717, 1.165) is 59.5 Å². The molecule has 1 fully saturated rings. The van der Waals surface area contributed by atoms with Crippen molar-refractivity contribution in [3.8, 4) is 28.1 Å². The number of hydrazine groups is 1. The topological polar surface area (TPSA) is 96.3 Å². The standard InChI is InChI=1S/C30H29Cl2N5O3S2/c1-20-6-8-21(9-7-20)10-12-23-13-15-27(41-23)29-24(19-33-42(2,39)40)28(30(38)35-36-16-4-3-5-17-36)34-37(29)26-14-11-22(31)18-25(26)32/h6-9,11,13-15,18,33H,3-5,16-17,19H2,1-2H3,(H,35,38). The van der Waals surface area contributed by atoms with Crippen molar-refractivity contribution in [2.45, 2.75) is 32.7 Å². The average Bonchev–Trinajstić information content (AvgIpc) is 3.56. The zero-order valence-corrected chi connectivity index (χ0v) is 26.2. The predicted molar refractivity (Wildman–Crippen MR) is 169 cm³/mol. The zero-order valence-electron chi connectivity index (χ0n) is 23.1. The lowest BCUT2D eigenvalue weighted by molar-refractivity contribution is 0.0743. The van der Waals surface area contributed by atoms with Crippen molar-refractivity contribution in [1.82, 2.24) is 24.9 Å². The van der Waals surface area contributed by atoms with Gasteiger partial charge in [0.1, 0.15) is 0 Å². The smallest absolute Gasteiger partial charge is 0.283 e. The summed E-state index contributed by atoms with van der Waals surface area (Å²) in [5, 5.41) is 7.36. The van der Waals surface area contributed by atoms with Crippen LogP contribution in [0.1, 0.15) is 51.3 Å². The molecule has 3 heterocycles. The molecule has 12 heteroatoms. The summed E-state index contributed by atoms with van der Waals surface area (Å²) in [6.45, 7) is 3.33. The molecule has 0 radical (unpaired) electrons. The Bertz CT molecular complexity index is 1780. The molecule has 5 rings (SSSR count). The highest BCUT2D eigenvalue weighted by Gasteiger charge is 2.28. The largest absolute Gasteiger partial charge is 0.286 e. The third kappa shape index (κ3) is 7.42. The Labute approximate surface area is 259 Å². The summed E-state index contributed by atoms with van der Waals surface area (Å²) in [4.78, 5) is 15.2. The molecule has 42 heavy (non-hydrogen) atoms. The number of hydrogen-bond acceptors (Lipinski definition) is 6. The highest BCUT2D eigenvalue weighted by atomic mass is 35.5. The normalized spacial score (nSPS) is 13.9. The highest BCUT2D eigenvalue weighted by molar-refractivity contribution is 7.88. The van der Waals surface area contributed by atoms with E-state index in [4.69, 9.17) is 28.3 Å². The number of nitrogens with one attached hydrogen (secondary N) is 2. The van der Waals surface area contributed by atoms with Crippen LogP contribution >= 0.6 is 34.5 Å². The summed E-state index contributed by atoms with van der Waals surface area (Å²) in [6, 6.07) is 16.7. The highest BCUT2D eigenvalue weighted by Crippen LogP contribution is 2.36. The zero-order chi connectivity index (χ0) is 29.9. The quantitative estimate of drug-likeness (QED) is 0.249. The molecule has 1 amide bonds. The number of nitrogens with zero attached hydrogens (tertiary/aromatic N) is 3. The van der Waals surface area contributed by atoms with Crippen molar-refractivity contribution < 1.29 is 13.2 Å². The second-order valence-electron chi connectivity index (χ2n) is 10.0. The Balaban J connectivity index is 1.63. The van der Waals surface area contributed by atoms with Crippen LogP contribution < -0.4 is 10.1 Å². The lowest BCUT2D eigenvalue weighted by Gasteiger charge is -2.26. The lowest BCUT2D eigenvalue weighted by atomic mass is 10.1. The SMILES string of the molecule is Cc1ccc(C#Cc2ccc(-c3c(CNS(C)(=O)=O)c(C(=O)NN4CCCCC4)nn3-c3ccc(Cl)cc3Cl)s2)cc1. The number of piperidine rings is 1. The van der Waals surface area contributed by atoms with Gasteiger partial charge in [0.05, 0.1) is 32.4 Å². The molecule has 0 aliphatic carbocycles. The molecule has 1 aliphatic rings. The van der Waals surface area contributed by atoms with Crippen LogP contribution in [0.15, 0.2) is 54.6 Å². The van der Waals surface area contributed by atoms with Gasteiger partial charge in [-0.05, 0) is 62.2 Å². The van der Waals surface area contributed by atoms with E-state index in [9.17, 15) is 13.2 Å². The van der Waals surface area contributed by atoms with E-state index >= 15 is 0 Å². The Morgan fingerprint density at radius 3 is 2.45 bits per heavy atom. The molecule has 0 spiro atoms. The summed E-state index contributed by atoms with van der Waals surface area (Å²) < 4.78 is 28.4. The molecule has 0 atom stereocenters. The monoisotopic (exact) mass is 641 g/mol. The summed E-state index contributed by atoms with van der Waals surface area (Å²) in [5.74, 6) is 5.96. The third-order valence-electron chi connectivity index (χ3n) is 6.68. The molecular formula is C30H29Cl2N5O3S2. The van der Waals surface area contributed by atoms with Crippen molar-refractivity contribution >= 4 is 50.5 Å². The second-order valence-corrected chi connectivity index (χ2v) is 13.8. The minimum atomic E-state index is -3.59. The number of carbonyl (C=O) groups is 1. The first-order valence-electron chi connectivity index (χ1n) is 13.3. The summed E-state index contributed by atoms with van der Waals surface area (Å²) in [7, 11) is -3.59. The lowest BCUT2D eigenvalue weighted by Crippen LogP contribution is -2.45. The first kappa shape index (κ1) is 30.3. The number of rotatable bonds is 7. The molecule has 1 saturated heterocycles. The fourth-order valence-corrected chi connectivity index (χ4v) is 6.40. The molecule has 0 saturated carbocycles. The van der Waals surface area contributed by atoms with Crippen LogP contribution in [-0.4, -0.2) is 48.5 Å². The van der Waals surface area contributed by atoms with Gasteiger partial charge >= 0.3 is 0 Å². The summed E-state index contributed by atoms with van der Waals surface area (Å²) in [6.07, 6.45) is 4.14. The van der Waals surface area contributed by atoms with Crippen LogP contribution in [-0.2, 0) is 16.6 Å². The van der Waals surface area contributed by atoms with Gasteiger partial charge in [-0.25, -0.2) is 22.8 Å². The molecular weight excluding hydrogens is 613 g/mol. The van der Waals surface area contributed by atoms with Crippen LogP contribution in [0.25, 0.3) is 16.3 Å². The Hall–Kier alpha value is -3.17. The first-order valence-corrected chi connectivity index (χ1v) is 16.8. The Kier molecular flexibility index (Phi) is 9.38. The maximum absolute atomic E-state index is 13.6. The van der Waals surface area contributed by atoms with Gasteiger partial charge in [0.15, 0.2) is 5.69 Å². The minimum absolute atomic E-state index is 0.0958. The van der Waals surface area contributed by atoms with Crippen LogP contribution in [0.2, 0.25) is 10.0 Å². The number of amides is 1. The number of benzene rings is 2. The predicted octanol–water partition coefficient (Wildman–Crippen LogP) is 5.80. The van der Waals surface area contributed by atoms with Crippen LogP contribution in [0, 0.1) is 18.8 Å².